The molecular formula is C19H20FN3O3. The predicted octanol–water partition coefficient (Wildman–Crippen LogP) is 2.65. The van der Waals surface area contributed by atoms with Crippen LogP contribution in [0.15, 0.2) is 36.4 Å². The summed E-state index contributed by atoms with van der Waals surface area (Å²) >= 11 is 0. The maximum atomic E-state index is 13.2. The van der Waals surface area contributed by atoms with Gasteiger partial charge in [-0.05, 0) is 56.9 Å². The van der Waals surface area contributed by atoms with Gasteiger partial charge in [0.05, 0.1) is 5.69 Å². The normalized spacial score (nSPS) is 14.4. The molecular weight excluding hydrogens is 337 g/mol. The summed E-state index contributed by atoms with van der Waals surface area (Å²) < 4.78 is 14.8. The Hall–Kier alpha value is -2.96. The quantitative estimate of drug-likeness (QED) is 0.779. The van der Waals surface area contributed by atoms with Gasteiger partial charge in [0.2, 0.25) is 0 Å². The first-order chi connectivity index (χ1) is 12.5. The number of carbonyl (C=O) groups excluding carboxylic acids is 1. The summed E-state index contributed by atoms with van der Waals surface area (Å²) in [5, 5.41) is 16.2. The Balaban J connectivity index is 1.90. The maximum Gasteiger partial charge on any atom is 0.326 e. The molecule has 1 aliphatic carbocycles. The molecule has 2 aromatic rings. The molecule has 0 spiro atoms. The molecule has 1 aromatic carbocycles. The lowest BCUT2D eigenvalue weighted by Crippen LogP contribution is -2.40. The number of carboxylic acid groups (broad SMARTS) is 1. The Morgan fingerprint density at radius 3 is 2.73 bits per heavy atom. The average molecular weight is 357 g/mol. The van der Waals surface area contributed by atoms with Crippen molar-refractivity contribution in [3.8, 4) is 5.69 Å². The van der Waals surface area contributed by atoms with Crippen LogP contribution in [0.5, 0.6) is 0 Å². The first-order valence-electron chi connectivity index (χ1n) is 8.52. The first kappa shape index (κ1) is 17.8. The zero-order chi connectivity index (χ0) is 18.7. The molecule has 0 saturated carbocycles. The van der Waals surface area contributed by atoms with Crippen molar-refractivity contribution in [3.05, 3.63) is 59.2 Å². The molecule has 1 aromatic heterocycles. The summed E-state index contributed by atoms with van der Waals surface area (Å²) in [6.45, 7) is 1.79. The molecule has 6 nitrogen and oxygen atoms in total. The van der Waals surface area contributed by atoms with E-state index in [1.165, 1.54) is 12.1 Å². The second-order valence-corrected chi connectivity index (χ2v) is 6.18. The number of benzene rings is 1. The van der Waals surface area contributed by atoms with Crippen molar-refractivity contribution in [1.29, 1.82) is 0 Å². The van der Waals surface area contributed by atoms with Gasteiger partial charge in [0, 0.05) is 11.3 Å². The van der Waals surface area contributed by atoms with Crippen LogP contribution in [0, 0.1) is 5.82 Å². The minimum absolute atomic E-state index is 0.207. The highest BCUT2D eigenvalue weighted by Crippen LogP contribution is 2.28. The molecule has 7 heteroatoms. The van der Waals surface area contributed by atoms with E-state index in [1.807, 2.05) is 0 Å². The fourth-order valence-corrected chi connectivity index (χ4v) is 3.14. The van der Waals surface area contributed by atoms with Crippen molar-refractivity contribution < 1.29 is 19.1 Å². The Bertz CT molecular complexity index is 856. The van der Waals surface area contributed by atoms with Crippen LogP contribution in [-0.4, -0.2) is 32.8 Å². The maximum absolute atomic E-state index is 13.2. The minimum atomic E-state index is -1.09. The molecule has 1 atom stereocenters. The Labute approximate surface area is 150 Å². The van der Waals surface area contributed by atoms with Gasteiger partial charge in [-0.1, -0.05) is 12.2 Å². The van der Waals surface area contributed by atoms with Gasteiger partial charge in [-0.3, -0.25) is 4.79 Å². The zero-order valence-electron chi connectivity index (χ0n) is 14.4. The van der Waals surface area contributed by atoms with Gasteiger partial charge in [-0.15, -0.1) is 0 Å². The fraction of sp³-hybridized carbons (Fsp3) is 0.316. The third kappa shape index (κ3) is 3.51. The van der Waals surface area contributed by atoms with E-state index in [9.17, 15) is 19.1 Å². The number of hydrogen-bond acceptors (Lipinski definition) is 3. The second kappa shape index (κ2) is 7.51. The van der Waals surface area contributed by atoms with Crippen molar-refractivity contribution >= 4 is 11.9 Å². The predicted molar refractivity (Wildman–Crippen MR) is 93.9 cm³/mol. The highest BCUT2D eigenvalue weighted by Gasteiger charge is 2.29. The van der Waals surface area contributed by atoms with Gasteiger partial charge in [0.25, 0.3) is 5.91 Å². The Morgan fingerprint density at radius 1 is 1.35 bits per heavy atom. The number of amides is 1. The van der Waals surface area contributed by atoms with E-state index < -0.39 is 17.9 Å². The van der Waals surface area contributed by atoms with Gasteiger partial charge in [-0.25, -0.2) is 13.9 Å². The van der Waals surface area contributed by atoms with Crippen molar-refractivity contribution in [1.82, 2.24) is 15.1 Å². The third-order valence-electron chi connectivity index (χ3n) is 4.43. The Morgan fingerprint density at radius 2 is 2.08 bits per heavy atom. The number of fused-ring (bicyclic) bond motifs is 1. The van der Waals surface area contributed by atoms with Gasteiger partial charge >= 0.3 is 5.97 Å². The molecule has 26 heavy (non-hydrogen) atoms. The lowest BCUT2D eigenvalue weighted by Gasteiger charge is -2.12. The van der Waals surface area contributed by atoms with Crippen LogP contribution in [0.25, 0.3) is 5.69 Å². The fourth-order valence-electron chi connectivity index (χ4n) is 3.14. The molecule has 136 valence electrons. The molecule has 0 bridgehead atoms. The molecule has 1 aliphatic rings. The number of carbonyl (C=O) groups is 2. The van der Waals surface area contributed by atoms with E-state index in [0.717, 1.165) is 24.1 Å². The van der Waals surface area contributed by atoms with E-state index in [4.69, 9.17) is 0 Å². The second-order valence-electron chi connectivity index (χ2n) is 6.18. The SMILES string of the molecule is C/C=C/CC(NC(=O)c1nn(-c2ccc(F)cc2)c2c1CCC2)C(=O)O. The van der Waals surface area contributed by atoms with Gasteiger partial charge in [0.1, 0.15) is 11.9 Å². The number of aliphatic carboxylic acids is 1. The lowest BCUT2D eigenvalue weighted by atomic mass is 10.1. The molecule has 3 rings (SSSR count). The van der Waals surface area contributed by atoms with E-state index >= 15 is 0 Å². The van der Waals surface area contributed by atoms with Gasteiger partial charge in [0.15, 0.2) is 5.69 Å². The van der Waals surface area contributed by atoms with Crippen molar-refractivity contribution in [2.45, 2.75) is 38.6 Å². The number of hydrogen-bond donors (Lipinski definition) is 2. The number of allylic oxidation sites excluding steroid dienone is 1. The molecule has 1 amide bonds. The number of carboxylic acids is 1. The van der Waals surface area contributed by atoms with Crippen LogP contribution in [-0.2, 0) is 17.6 Å². The number of aromatic nitrogens is 2. The van der Waals surface area contributed by atoms with Crippen LogP contribution in [0.4, 0.5) is 4.39 Å². The smallest absolute Gasteiger partial charge is 0.326 e. The van der Waals surface area contributed by atoms with Crippen molar-refractivity contribution in [2.24, 2.45) is 0 Å². The topological polar surface area (TPSA) is 84.2 Å². The number of nitrogens with zero attached hydrogens (tertiary/aromatic N) is 2. The summed E-state index contributed by atoms with van der Waals surface area (Å²) in [6.07, 6.45) is 6.03. The summed E-state index contributed by atoms with van der Waals surface area (Å²) in [5.74, 6) is -1.93. The molecule has 0 radical (unpaired) electrons. The van der Waals surface area contributed by atoms with Gasteiger partial charge in [-0.2, -0.15) is 5.10 Å². The van der Waals surface area contributed by atoms with E-state index in [-0.39, 0.29) is 17.9 Å². The van der Waals surface area contributed by atoms with Crippen LogP contribution >= 0.6 is 0 Å². The van der Waals surface area contributed by atoms with Crippen LogP contribution in [0.3, 0.4) is 0 Å². The molecule has 1 unspecified atom stereocenters. The summed E-state index contributed by atoms with van der Waals surface area (Å²) in [5.41, 5.74) is 2.67. The molecule has 1 heterocycles. The monoisotopic (exact) mass is 357 g/mol. The molecule has 0 fully saturated rings. The highest BCUT2D eigenvalue weighted by atomic mass is 19.1. The third-order valence-corrected chi connectivity index (χ3v) is 4.43. The van der Waals surface area contributed by atoms with Crippen molar-refractivity contribution in [3.63, 3.8) is 0 Å². The van der Waals surface area contributed by atoms with Crippen LogP contribution < -0.4 is 5.32 Å². The Kier molecular flexibility index (Phi) is 5.16. The molecule has 0 saturated heterocycles. The van der Waals surface area contributed by atoms with Crippen LogP contribution in [0.1, 0.15) is 41.5 Å². The van der Waals surface area contributed by atoms with Gasteiger partial charge < -0.3 is 10.4 Å². The highest BCUT2D eigenvalue weighted by molar-refractivity contribution is 5.96. The summed E-state index contributed by atoms with van der Waals surface area (Å²) in [7, 11) is 0. The van der Waals surface area contributed by atoms with E-state index in [2.05, 4.69) is 10.4 Å². The number of rotatable bonds is 6. The summed E-state index contributed by atoms with van der Waals surface area (Å²) in [4.78, 5) is 24.0. The average Bonchev–Trinajstić information content (AvgIpc) is 3.21. The van der Waals surface area contributed by atoms with E-state index in [1.54, 1.807) is 35.9 Å². The van der Waals surface area contributed by atoms with E-state index in [0.29, 0.717) is 12.1 Å². The van der Waals surface area contributed by atoms with Crippen molar-refractivity contribution in [2.75, 3.05) is 0 Å². The first-order valence-corrected chi connectivity index (χ1v) is 8.52. The summed E-state index contributed by atoms with van der Waals surface area (Å²) in [6, 6.07) is 4.89. The standard InChI is InChI=1S/C19H20FN3O3/c1-2-3-6-15(19(25)26)21-18(24)17-14-5-4-7-16(14)23(22-17)13-10-8-12(20)9-11-13/h2-3,8-11,15H,4-7H2,1H3,(H,21,24)(H,25,26)/b3-2+. The largest absolute Gasteiger partial charge is 0.480 e. The number of nitrogens with one attached hydrogen (secondary N) is 1. The minimum Gasteiger partial charge on any atom is -0.480 e. The van der Waals surface area contributed by atoms with Crippen LogP contribution in [0.2, 0.25) is 0 Å². The number of halogens is 1. The lowest BCUT2D eigenvalue weighted by molar-refractivity contribution is -0.139. The zero-order valence-corrected chi connectivity index (χ0v) is 14.4. The molecule has 2 N–H and O–H groups in total. The molecule has 0 aliphatic heterocycles.